The van der Waals surface area contributed by atoms with E-state index in [0.717, 1.165) is 23.3 Å². The van der Waals surface area contributed by atoms with Gasteiger partial charge < -0.3 is 9.16 Å². The van der Waals surface area contributed by atoms with E-state index in [1.165, 1.54) is 35.6 Å². The van der Waals surface area contributed by atoms with Crippen LogP contribution >= 0.6 is 11.3 Å². The van der Waals surface area contributed by atoms with Crippen molar-refractivity contribution < 1.29 is 35.5 Å². The molecule has 1 aliphatic rings. The Labute approximate surface area is 351 Å². The Hall–Kier alpha value is -4.50. The van der Waals surface area contributed by atoms with Gasteiger partial charge in [0.15, 0.2) is 8.32 Å². The molecule has 5 aromatic rings. The molecule has 0 bridgehead atoms. The van der Waals surface area contributed by atoms with Crippen LogP contribution in [0.25, 0.3) is 21.8 Å². The molecule has 1 saturated heterocycles. The summed E-state index contributed by atoms with van der Waals surface area (Å²) in [6.07, 6.45) is -2.47. The van der Waals surface area contributed by atoms with Crippen LogP contribution in [0.1, 0.15) is 71.1 Å². The van der Waals surface area contributed by atoms with Gasteiger partial charge in [0.1, 0.15) is 16.3 Å². The van der Waals surface area contributed by atoms with Gasteiger partial charge in [0.05, 0.1) is 16.2 Å². The summed E-state index contributed by atoms with van der Waals surface area (Å²) in [6.45, 7) is 16.6. The highest BCUT2D eigenvalue weighted by Crippen LogP contribution is 2.47. The quantitative estimate of drug-likeness (QED) is 0.133. The Morgan fingerprint density at radius 3 is 2.05 bits per heavy atom. The van der Waals surface area contributed by atoms with Crippen molar-refractivity contribution in [2.24, 2.45) is 0 Å². The van der Waals surface area contributed by atoms with Crippen molar-refractivity contribution in [2.45, 2.75) is 114 Å². The monoisotopic (exact) mass is 863 g/mol. The molecule has 0 spiro atoms. The van der Waals surface area contributed by atoms with Crippen molar-refractivity contribution in [3.05, 3.63) is 125 Å². The molecule has 314 valence electrons. The van der Waals surface area contributed by atoms with Gasteiger partial charge in [0, 0.05) is 34.7 Å². The molecule has 59 heavy (non-hydrogen) atoms. The largest absolute Gasteiger partial charge is 0.444 e. The molecule has 8 nitrogen and oxygen atoms in total. The number of carbonyl (C=O) groups excluding carboxylic acids is 1. The molecule has 0 aliphatic carbocycles. The van der Waals surface area contributed by atoms with Gasteiger partial charge in [-0.1, -0.05) is 87.5 Å². The number of hydrogen-bond donors (Lipinski definition) is 1. The number of nitrogens with one attached hydrogen (secondary N) is 1. The molecule has 1 N–H and O–H groups in total. The van der Waals surface area contributed by atoms with Gasteiger partial charge in [-0.2, -0.15) is 13.2 Å². The number of alkyl halides is 3. The second-order valence-corrected chi connectivity index (χ2v) is 24.9. The summed E-state index contributed by atoms with van der Waals surface area (Å²) in [5.41, 5.74) is 1.75. The van der Waals surface area contributed by atoms with Gasteiger partial charge in [0.25, 0.3) is 10.0 Å². The van der Waals surface area contributed by atoms with Crippen LogP contribution in [-0.2, 0) is 38.2 Å². The number of anilines is 1. The second kappa shape index (κ2) is 16.5. The average molecular weight is 864 g/mol. The maximum atomic E-state index is 14.3. The number of amides is 1. The Kier molecular flexibility index (Phi) is 12.3. The molecular weight excluding hydrogens is 812 g/mol. The molecule has 2 atom stereocenters. The van der Waals surface area contributed by atoms with E-state index < -0.39 is 47.5 Å². The van der Waals surface area contributed by atoms with E-state index in [4.69, 9.17) is 9.16 Å². The van der Waals surface area contributed by atoms with Crippen molar-refractivity contribution in [3.8, 4) is 21.8 Å². The number of likely N-dealkylation sites (tertiary alicyclic amines) is 1. The van der Waals surface area contributed by atoms with Crippen LogP contribution in [0.4, 0.5) is 23.7 Å². The number of nitrogens with zero attached hydrogens (tertiary/aromatic N) is 2. The fourth-order valence-electron chi connectivity index (χ4n) is 6.99. The second-order valence-electron chi connectivity index (χ2n) is 17.7. The van der Waals surface area contributed by atoms with Gasteiger partial charge in [0.2, 0.25) is 0 Å². The highest BCUT2D eigenvalue weighted by molar-refractivity contribution is 7.92. The third-order valence-electron chi connectivity index (χ3n) is 10.9. The van der Waals surface area contributed by atoms with Gasteiger partial charge >= 0.3 is 12.3 Å². The molecule has 1 unspecified atom stereocenters. The van der Waals surface area contributed by atoms with E-state index in [1.54, 1.807) is 29.6 Å². The van der Waals surface area contributed by atoms with Crippen LogP contribution in [0, 0.1) is 0 Å². The molecule has 6 rings (SSSR count). The minimum absolute atomic E-state index is 0.0558. The van der Waals surface area contributed by atoms with E-state index in [-0.39, 0.29) is 16.0 Å². The molecule has 1 amide bonds. The predicted octanol–water partition coefficient (Wildman–Crippen LogP) is 12.2. The van der Waals surface area contributed by atoms with Gasteiger partial charge in [-0.15, -0.1) is 11.3 Å². The normalized spacial score (nSPS) is 17.9. The lowest BCUT2D eigenvalue weighted by Gasteiger charge is -2.49. The summed E-state index contributed by atoms with van der Waals surface area (Å²) in [5.74, 6) is 0. The minimum atomic E-state index is -4.42. The van der Waals surface area contributed by atoms with Crippen LogP contribution in [0.2, 0.25) is 18.1 Å². The number of aromatic nitrogens is 1. The summed E-state index contributed by atoms with van der Waals surface area (Å²) >= 11 is 1.31. The molecule has 1 aromatic heterocycles. The first-order chi connectivity index (χ1) is 27.4. The predicted molar refractivity (Wildman–Crippen MR) is 231 cm³/mol. The standard InChI is InChI=1S/C45H52F3N3O5S2Si/c1-42(2,3)55-41(52)51-37(26-27-44(51,29-32-12-10-9-11-13-32)56-59(7,8)43(4,5)6)28-31-14-22-36(23-15-31)50-58(53,54)38-24-18-34(19-25-38)40-49-39(30-57-40)33-16-20-35(21-17-33)45(46,47)48/h9-25,30,37,50H,26-29H2,1-8H3/t37?,44-/m1/s1. The molecule has 4 aromatic carbocycles. The summed E-state index contributed by atoms with van der Waals surface area (Å²) in [7, 11) is -6.36. The number of hydrogen-bond acceptors (Lipinski definition) is 7. The number of thiazole rings is 1. The Morgan fingerprint density at radius 2 is 1.47 bits per heavy atom. The van der Waals surface area contributed by atoms with Crippen LogP contribution in [0.3, 0.4) is 0 Å². The van der Waals surface area contributed by atoms with E-state index in [2.05, 4.69) is 55.7 Å². The van der Waals surface area contributed by atoms with Gasteiger partial charge in [-0.3, -0.25) is 9.62 Å². The van der Waals surface area contributed by atoms with Crippen LogP contribution in [0.5, 0.6) is 0 Å². The first kappa shape index (κ1) is 44.1. The van der Waals surface area contributed by atoms with Crippen LogP contribution in [0.15, 0.2) is 113 Å². The molecule has 1 aliphatic heterocycles. The van der Waals surface area contributed by atoms with Crippen molar-refractivity contribution >= 4 is 41.5 Å². The van der Waals surface area contributed by atoms with Crippen molar-refractivity contribution in [2.75, 3.05) is 4.72 Å². The van der Waals surface area contributed by atoms with Crippen molar-refractivity contribution in [3.63, 3.8) is 0 Å². The zero-order valence-corrected chi connectivity index (χ0v) is 37.3. The highest BCUT2D eigenvalue weighted by Gasteiger charge is 2.55. The lowest BCUT2D eigenvalue weighted by molar-refractivity contribution is -0.137. The third-order valence-corrected chi connectivity index (χ3v) is 17.7. The molecule has 2 heterocycles. The fraction of sp³-hybridized carbons (Fsp3) is 0.378. The van der Waals surface area contributed by atoms with E-state index >= 15 is 0 Å². The first-order valence-corrected chi connectivity index (χ1v) is 24.8. The van der Waals surface area contributed by atoms with E-state index in [9.17, 15) is 26.4 Å². The topological polar surface area (TPSA) is 97.8 Å². The minimum Gasteiger partial charge on any atom is -0.444 e. The zero-order valence-electron chi connectivity index (χ0n) is 34.7. The van der Waals surface area contributed by atoms with Gasteiger partial charge in [-0.25, -0.2) is 18.2 Å². The molecule has 0 radical (unpaired) electrons. The number of halogens is 3. The Morgan fingerprint density at radius 1 is 0.864 bits per heavy atom. The number of carbonyl (C=O) groups is 1. The SMILES string of the molecule is CC(C)(C)OC(=O)N1C(Cc2ccc(NS(=O)(=O)c3ccc(-c4nc(-c5ccc(C(F)(F)F)cc5)cs4)cc3)cc2)CC[C@]1(Cc1ccccc1)O[Si](C)(C)C(C)(C)C. The Balaban J connectivity index is 1.18. The van der Waals surface area contributed by atoms with Crippen LogP contribution in [-0.4, -0.2) is 50.1 Å². The lowest BCUT2D eigenvalue weighted by Crippen LogP contribution is -2.60. The maximum Gasteiger partial charge on any atom is 0.416 e. The summed E-state index contributed by atoms with van der Waals surface area (Å²) < 4.78 is 82.0. The molecular formula is C45H52F3N3O5S2Si. The Bertz CT molecular complexity index is 2340. The number of benzene rings is 4. The van der Waals surface area contributed by atoms with Crippen molar-refractivity contribution in [1.82, 2.24) is 9.88 Å². The summed E-state index contributed by atoms with van der Waals surface area (Å²) in [5, 5.41) is 2.25. The van der Waals surface area contributed by atoms with E-state index in [0.29, 0.717) is 53.2 Å². The molecule has 1 fully saturated rings. The maximum absolute atomic E-state index is 14.3. The summed E-state index contributed by atoms with van der Waals surface area (Å²) in [6, 6.07) is 28.1. The average Bonchev–Trinajstić information content (AvgIpc) is 3.77. The highest BCUT2D eigenvalue weighted by atomic mass is 32.2. The first-order valence-electron chi connectivity index (χ1n) is 19.6. The zero-order chi connectivity index (χ0) is 43.0. The number of ether oxygens (including phenoxy) is 1. The lowest BCUT2D eigenvalue weighted by atomic mass is 10.00. The van der Waals surface area contributed by atoms with Crippen molar-refractivity contribution in [1.29, 1.82) is 0 Å². The van der Waals surface area contributed by atoms with Gasteiger partial charge in [-0.05, 0) is 106 Å². The molecule has 0 saturated carbocycles. The summed E-state index contributed by atoms with van der Waals surface area (Å²) in [4.78, 5) is 20.8. The number of sulfonamides is 1. The van der Waals surface area contributed by atoms with Crippen LogP contribution < -0.4 is 4.72 Å². The smallest absolute Gasteiger partial charge is 0.416 e. The fourth-order valence-corrected chi connectivity index (χ4v) is 10.4. The molecule has 14 heteroatoms. The van der Waals surface area contributed by atoms with E-state index in [1.807, 2.05) is 56.0 Å². The third kappa shape index (κ3) is 10.5. The number of rotatable bonds is 11.